The molecule has 2 N–H and O–H groups in total. The maximum absolute atomic E-state index is 9.00. The van der Waals surface area contributed by atoms with Gasteiger partial charge in [-0.25, -0.2) is 0 Å². The Kier molecular flexibility index (Phi) is 78.2. The van der Waals surface area contributed by atoms with Crippen molar-refractivity contribution in [2.45, 2.75) is 27.7 Å². The first kappa shape index (κ1) is 49.8. The molecule has 0 amide bonds. The van der Waals surface area contributed by atoms with E-state index in [-0.39, 0.29) is 96.9 Å². The smallest absolute Gasteiger partial charge is 0.550 e. The maximum Gasteiger partial charge on any atom is 2.00 e. The summed E-state index contributed by atoms with van der Waals surface area (Å²) in [4.78, 5) is 53.6. The van der Waals surface area contributed by atoms with Crippen LogP contribution in [0.2, 0.25) is 0 Å². The number of carboxylic acid groups (broad SMARTS) is 6. The van der Waals surface area contributed by atoms with Crippen LogP contribution in [0.5, 0.6) is 0 Å². The molecule has 0 aliphatic heterocycles. The average molecular weight is 412 g/mol. The first-order chi connectivity index (χ1) is 9.57. The molecular weight excluding hydrogens is 398 g/mol. The average Bonchev–Trinajstić information content (AvgIpc) is 2.12. The Hall–Kier alpha value is 0.0797. The number of hydrogen-bond donors (Lipinski definition) is 2. The minimum Gasteiger partial charge on any atom is -0.550 e. The normalized spacial score (nSPS) is 5.76. The van der Waals surface area contributed by atoms with Gasteiger partial charge in [0.15, 0.2) is 0 Å². The van der Waals surface area contributed by atoms with Crippen LogP contribution in [-0.4, -0.2) is 83.8 Å². The fourth-order valence-electron chi connectivity index (χ4n) is 0. The molecule has 0 heterocycles. The van der Waals surface area contributed by atoms with Crippen molar-refractivity contribution in [3.63, 3.8) is 0 Å². The van der Waals surface area contributed by atoms with Crippen molar-refractivity contribution >= 4 is 73.6 Å². The zero-order valence-electron chi connectivity index (χ0n) is 14.7. The van der Waals surface area contributed by atoms with Gasteiger partial charge in [-0.15, -0.1) is 0 Å². The van der Waals surface area contributed by atoms with Crippen molar-refractivity contribution in [1.29, 1.82) is 0 Å². The van der Waals surface area contributed by atoms with E-state index in [0.717, 1.165) is 27.7 Å². The Balaban J connectivity index is -0.0000000236. The molecule has 0 atom stereocenters. The largest absolute Gasteiger partial charge is 2.00 e. The Morgan fingerprint density at radius 2 is 0.600 bits per heavy atom. The van der Waals surface area contributed by atoms with Crippen LogP contribution in [0.1, 0.15) is 27.7 Å². The first-order valence-corrected chi connectivity index (χ1v) is 4.74. The Bertz CT molecular complexity index is 310. The van der Waals surface area contributed by atoms with Gasteiger partial charge in [0.25, 0.3) is 11.9 Å². The zero-order chi connectivity index (χ0) is 19.5. The van der Waals surface area contributed by atoms with Crippen LogP contribution in [0, 0.1) is 0 Å². The van der Waals surface area contributed by atoms with E-state index in [1.165, 1.54) is 0 Å². The molecule has 0 fully saturated rings. The molecule has 0 radical (unpaired) electrons. The minimum absolute atomic E-state index is 0. The fourth-order valence-corrected chi connectivity index (χ4v) is 0. The molecule has 12 nitrogen and oxygen atoms in total. The SMILES string of the molecule is CC(=O)O.CC(=O)O.CC(=O)[O-].CC(=O)[O-].O=C([O-])C(=O)[O-].[Ca+2].[Na+].[Na+]. The molecule has 0 aliphatic rings. The quantitative estimate of drug-likeness (QED) is 0.279. The van der Waals surface area contributed by atoms with Crippen molar-refractivity contribution < 1.29 is 119 Å². The van der Waals surface area contributed by atoms with Gasteiger partial charge < -0.3 is 49.8 Å². The van der Waals surface area contributed by atoms with E-state index < -0.39 is 35.8 Å². The third kappa shape index (κ3) is 705. The predicted molar refractivity (Wildman–Crippen MR) is 63.7 cm³/mol. The van der Waals surface area contributed by atoms with Gasteiger partial charge in [0.1, 0.15) is 0 Å². The monoisotopic (exact) mass is 412 g/mol. The second-order valence-corrected chi connectivity index (χ2v) is 2.60. The molecule has 0 saturated heterocycles. The van der Waals surface area contributed by atoms with E-state index in [9.17, 15) is 0 Å². The molecule has 0 saturated carbocycles. The molecule has 0 spiro atoms. The second-order valence-electron chi connectivity index (χ2n) is 2.60. The summed E-state index contributed by atoms with van der Waals surface area (Å²) in [6.45, 7) is 4.11. The third-order valence-corrected chi connectivity index (χ3v) is 0.167. The molecule has 15 heteroatoms. The van der Waals surface area contributed by atoms with Crippen LogP contribution in [0.3, 0.4) is 0 Å². The summed E-state index contributed by atoms with van der Waals surface area (Å²) in [7, 11) is 0. The van der Waals surface area contributed by atoms with Crippen LogP contribution < -0.4 is 79.5 Å². The summed E-state index contributed by atoms with van der Waals surface area (Å²) in [5, 5.41) is 50.5. The molecule has 25 heavy (non-hydrogen) atoms. The number of carbonyl (C=O) groups is 6. The van der Waals surface area contributed by atoms with E-state index in [2.05, 4.69) is 0 Å². The molecular formula is C10H14CaNa2O12. The molecule has 0 aromatic carbocycles. The Morgan fingerprint density at radius 3 is 0.600 bits per heavy atom. The van der Waals surface area contributed by atoms with Crippen LogP contribution in [0.25, 0.3) is 0 Å². The molecule has 0 unspecified atom stereocenters. The summed E-state index contributed by atoms with van der Waals surface area (Å²) in [6, 6.07) is 0. The van der Waals surface area contributed by atoms with E-state index in [1.807, 2.05) is 0 Å². The number of hydrogen-bond acceptors (Lipinski definition) is 10. The summed E-state index contributed by atoms with van der Waals surface area (Å²) in [5.41, 5.74) is 0. The van der Waals surface area contributed by atoms with Crippen molar-refractivity contribution in [2.75, 3.05) is 0 Å². The van der Waals surface area contributed by atoms with Gasteiger partial charge in [0.05, 0.1) is 11.9 Å². The molecule has 130 valence electrons. The van der Waals surface area contributed by atoms with E-state index >= 15 is 0 Å². The molecule has 0 aliphatic carbocycles. The maximum atomic E-state index is 9.00. The van der Waals surface area contributed by atoms with Crippen molar-refractivity contribution in [1.82, 2.24) is 0 Å². The summed E-state index contributed by atoms with van der Waals surface area (Å²) < 4.78 is 0. The van der Waals surface area contributed by atoms with E-state index in [0.29, 0.717) is 0 Å². The van der Waals surface area contributed by atoms with E-state index in [1.54, 1.807) is 0 Å². The van der Waals surface area contributed by atoms with Gasteiger partial charge in [-0.1, -0.05) is 0 Å². The van der Waals surface area contributed by atoms with Gasteiger partial charge in [-0.2, -0.15) is 0 Å². The van der Waals surface area contributed by atoms with Gasteiger partial charge in [-0.3, -0.25) is 9.59 Å². The van der Waals surface area contributed by atoms with Gasteiger partial charge >= 0.3 is 96.9 Å². The molecule has 0 aromatic rings. The summed E-state index contributed by atoms with van der Waals surface area (Å²) in [5.74, 6) is -8.20. The van der Waals surface area contributed by atoms with Gasteiger partial charge in [0, 0.05) is 25.8 Å². The number of carboxylic acids is 6. The van der Waals surface area contributed by atoms with Crippen molar-refractivity contribution in [3.8, 4) is 0 Å². The first-order valence-electron chi connectivity index (χ1n) is 4.74. The van der Waals surface area contributed by atoms with Gasteiger partial charge in [-0.05, 0) is 13.8 Å². The Morgan fingerprint density at radius 1 is 0.560 bits per heavy atom. The van der Waals surface area contributed by atoms with Crippen LogP contribution >= 0.6 is 0 Å². The zero-order valence-corrected chi connectivity index (χ0v) is 20.9. The molecule has 0 aromatic heterocycles. The van der Waals surface area contributed by atoms with Crippen LogP contribution in [-0.2, 0) is 28.8 Å². The standard InChI is InChI=1S/C2H2O4.4C2H4O2.Ca.2Na/c3-1(4)2(5)6;4*1-2(3)4;;;/h(H,3,4)(H,5,6);4*1H3,(H,3,4);;;/q;;;;;+2;2*+1/p-4. The third-order valence-electron chi connectivity index (χ3n) is 0.167. The van der Waals surface area contributed by atoms with Crippen molar-refractivity contribution in [2.24, 2.45) is 0 Å². The van der Waals surface area contributed by atoms with Crippen LogP contribution in [0.4, 0.5) is 0 Å². The van der Waals surface area contributed by atoms with Gasteiger partial charge in [0.2, 0.25) is 0 Å². The Labute approximate surface area is 217 Å². The summed E-state index contributed by atoms with van der Waals surface area (Å²) >= 11 is 0. The number of rotatable bonds is 0. The molecule has 0 bridgehead atoms. The number of carbonyl (C=O) groups excluding carboxylic acids is 4. The topological polar surface area (TPSA) is 235 Å². The number of aliphatic carboxylic acids is 6. The predicted octanol–water partition coefficient (Wildman–Crippen LogP) is -12.2. The van der Waals surface area contributed by atoms with E-state index in [4.69, 9.17) is 59.4 Å². The fraction of sp³-hybridized carbons (Fsp3) is 0.400. The minimum atomic E-state index is -2.19. The molecule has 0 rings (SSSR count). The second kappa shape index (κ2) is 39.2. The van der Waals surface area contributed by atoms with Crippen molar-refractivity contribution in [3.05, 3.63) is 0 Å². The van der Waals surface area contributed by atoms with Crippen LogP contribution in [0.15, 0.2) is 0 Å². The summed E-state index contributed by atoms with van der Waals surface area (Å²) in [6.07, 6.45) is 0.